The van der Waals surface area contributed by atoms with Crippen LogP contribution in [-0.4, -0.2) is 17.9 Å². The summed E-state index contributed by atoms with van der Waals surface area (Å²) in [5.74, 6) is -7.94. The molecule has 0 unspecified atom stereocenters. The quantitative estimate of drug-likeness (QED) is 0.492. The lowest BCUT2D eigenvalue weighted by molar-refractivity contribution is -0.274. The molecule has 3 aromatic rings. The van der Waals surface area contributed by atoms with E-state index in [4.69, 9.17) is 5.73 Å². The summed E-state index contributed by atoms with van der Waals surface area (Å²) in [4.78, 5) is 3.74. The summed E-state index contributed by atoms with van der Waals surface area (Å²) >= 11 is 0. The molecule has 164 valence electrons. The maximum atomic E-state index is 15.0. The first-order valence-corrected chi connectivity index (χ1v) is 8.87. The van der Waals surface area contributed by atoms with E-state index in [9.17, 15) is 22.0 Å². The Morgan fingerprint density at radius 3 is 2.03 bits per heavy atom. The van der Waals surface area contributed by atoms with E-state index >= 15 is 8.78 Å². The Kier molecular flexibility index (Phi) is 6.21. The van der Waals surface area contributed by atoms with Gasteiger partial charge >= 0.3 is 6.36 Å². The Labute approximate surface area is 172 Å². The maximum Gasteiger partial charge on any atom is 0.573 e. The van der Waals surface area contributed by atoms with E-state index in [0.717, 1.165) is 36.5 Å². The highest BCUT2D eigenvalue weighted by atomic mass is 19.4. The third-order valence-electron chi connectivity index (χ3n) is 4.54. The third kappa shape index (κ3) is 5.13. The average molecular weight is 444 g/mol. The fraction of sp³-hybridized carbons (Fsp3) is 0.190. The van der Waals surface area contributed by atoms with Crippen molar-refractivity contribution in [2.75, 3.05) is 6.54 Å². The Morgan fingerprint density at radius 2 is 1.52 bits per heavy atom. The van der Waals surface area contributed by atoms with Gasteiger partial charge in [-0.15, -0.1) is 13.2 Å². The summed E-state index contributed by atoms with van der Waals surface area (Å²) in [6.07, 6.45) is -3.72. The molecule has 2 aromatic carbocycles. The van der Waals surface area contributed by atoms with Crippen LogP contribution in [0.4, 0.5) is 30.7 Å². The van der Waals surface area contributed by atoms with Crippen molar-refractivity contribution in [3.8, 4) is 16.9 Å². The van der Waals surface area contributed by atoms with Gasteiger partial charge in [-0.3, -0.25) is 4.98 Å². The number of hydrogen-bond donors (Lipinski definition) is 1. The van der Waals surface area contributed by atoms with Crippen molar-refractivity contribution in [1.82, 2.24) is 4.98 Å². The largest absolute Gasteiger partial charge is 0.573 e. The van der Waals surface area contributed by atoms with E-state index in [2.05, 4.69) is 9.72 Å². The summed E-state index contributed by atoms with van der Waals surface area (Å²) in [6.45, 7) is -0.625. The highest BCUT2D eigenvalue weighted by Crippen LogP contribution is 2.42. The van der Waals surface area contributed by atoms with Gasteiger partial charge in [0, 0.05) is 24.4 Å². The second-order valence-electron chi connectivity index (χ2n) is 6.58. The number of rotatable bonds is 6. The van der Waals surface area contributed by atoms with E-state index in [1.165, 1.54) is 18.2 Å². The molecule has 0 saturated heterocycles. The average Bonchev–Trinajstić information content (AvgIpc) is 2.69. The standard InChI is InChI=1S/C21H15F7N2O/c22-14-4-7-16(18(23)9-14)17(10-29)20(24,25)19-8-3-13(11-30-19)12-1-5-15(6-2-12)31-21(26,27)28/h1-9,11,17H,10,29H2/t17-/m0/s1. The van der Waals surface area contributed by atoms with Gasteiger partial charge in [0.05, 0.1) is 5.92 Å². The number of halogens is 7. The second-order valence-corrected chi connectivity index (χ2v) is 6.58. The number of nitrogens with two attached hydrogens (primary N) is 1. The van der Waals surface area contributed by atoms with Crippen molar-refractivity contribution in [3.63, 3.8) is 0 Å². The van der Waals surface area contributed by atoms with E-state index in [1.807, 2.05) is 0 Å². The zero-order valence-electron chi connectivity index (χ0n) is 15.6. The highest BCUT2D eigenvalue weighted by molar-refractivity contribution is 5.63. The van der Waals surface area contributed by atoms with Crippen LogP contribution in [0.15, 0.2) is 60.8 Å². The van der Waals surface area contributed by atoms with E-state index in [0.29, 0.717) is 17.2 Å². The molecule has 10 heteroatoms. The SMILES string of the molecule is NC[C@@H](c1ccc(F)cc1F)C(F)(F)c1ccc(-c2ccc(OC(F)(F)F)cc2)cn1. The fourth-order valence-corrected chi connectivity index (χ4v) is 3.04. The first kappa shape index (κ1) is 22.5. The zero-order valence-corrected chi connectivity index (χ0v) is 15.6. The minimum absolute atomic E-state index is 0.357. The lowest BCUT2D eigenvalue weighted by Gasteiger charge is -2.26. The molecule has 1 atom stereocenters. The van der Waals surface area contributed by atoms with E-state index in [1.54, 1.807) is 0 Å². The number of hydrogen-bond acceptors (Lipinski definition) is 3. The van der Waals surface area contributed by atoms with Crippen LogP contribution >= 0.6 is 0 Å². The summed E-state index contributed by atoms with van der Waals surface area (Å²) in [7, 11) is 0. The number of ether oxygens (including phenoxy) is 1. The second kappa shape index (κ2) is 8.54. The normalized spacial score (nSPS) is 13.2. The van der Waals surface area contributed by atoms with Crippen molar-refractivity contribution in [3.05, 3.63) is 83.7 Å². The molecule has 0 aliphatic rings. The van der Waals surface area contributed by atoms with Crippen LogP contribution in [-0.2, 0) is 5.92 Å². The van der Waals surface area contributed by atoms with Crippen LogP contribution in [0.2, 0.25) is 0 Å². The Morgan fingerprint density at radius 1 is 0.871 bits per heavy atom. The van der Waals surface area contributed by atoms with Gasteiger partial charge in [-0.1, -0.05) is 24.3 Å². The molecule has 1 aromatic heterocycles. The molecule has 3 nitrogen and oxygen atoms in total. The summed E-state index contributed by atoms with van der Waals surface area (Å²) in [5, 5.41) is 0. The molecule has 1 heterocycles. The van der Waals surface area contributed by atoms with Crippen molar-refractivity contribution in [2.45, 2.75) is 18.2 Å². The van der Waals surface area contributed by atoms with Crippen LogP contribution in [0.3, 0.4) is 0 Å². The molecule has 0 aliphatic carbocycles. The van der Waals surface area contributed by atoms with Gasteiger partial charge in [0.1, 0.15) is 23.1 Å². The molecule has 0 amide bonds. The van der Waals surface area contributed by atoms with Crippen molar-refractivity contribution in [2.24, 2.45) is 5.73 Å². The molecular weight excluding hydrogens is 429 g/mol. The predicted octanol–water partition coefficient (Wildman–Crippen LogP) is 5.76. The lowest BCUT2D eigenvalue weighted by Crippen LogP contribution is -2.31. The predicted molar refractivity (Wildman–Crippen MR) is 98.4 cm³/mol. The maximum absolute atomic E-state index is 15.0. The minimum atomic E-state index is -4.83. The monoisotopic (exact) mass is 444 g/mol. The van der Waals surface area contributed by atoms with Crippen LogP contribution in [0.5, 0.6) is 5.75 Å². The van der Waals surface area contributed by atoms with Gasteiger partial charge in [0.15, 0.2) is 0 Å². The van der Waals surface area contributed by atoms with Crippen LogP contribution in [0.1, 0.15) is 17.2 Å². The number of aromatic nitrogens is 1. The minimum Gasteiger partial charge on any atom is -0.406 e. The van der Waals surface area contributed by atoms with Gasteiger partial charge < -0.3 is 10.5 Å². The molecule has 3 rings (SSSR count). The molecule has 0 saturated carbocycles. The number of nitrogens with zero attached hydrogens (tertiary/aromatic N) is 1. The van der Waals surface area contributed by atoms with Crippen molar-refractivity contribution >= 4 is 0 Å². The van der Waals surface area contributed by atoms with Crippen LogP contribution < -0.4 is 10.5 Å². The van der Waals surface area contributed by atoms with Crippen LogP contribution in [0.25, 0.3) is 11.1 Å². The summed E-state index contributed by atoms with van der Waals surface area (Å²) < 4.78 is 97.6. The molecular formula is C21H15F7N2O. The smallest absolute Gasteiger partial charge is 0.406 e. The van der Waals surface area contributed by atoms with Gasteiger partial charge in [-0.05, 0) is 35.4 Å². The molecule has 0 spiro atoms. The molecule has 31 heavy (non-hydrogen) atoms. The Bertz CT molecular complexity index is 1040. The van der Waals surface area contributed by atoms with E-state index in [-0.39, 0.29) is 0 Å². The lowest BCUT2D eigenvalue weighted by atomic mass is 9.89. The molecule has 0 radical (unpaired) electrons. The molecule has 2 N–H and O–H groups in total. The zero-order chi connectivity index (χ0) is 22.8. The summed E-state index contributed by atoms with van der Waals surface area (Å²) in [5.41, 5.74) is 5.09. The van der Waals surface area contributed by atoms with Crippen molar-refractivity contribution < 1.29 is 35.5 Å². The highest BCUT2D eigenvalue weighted by Gasteiger charge is 2.44. The summed E-state index contributed by atoms with van der Waals surface area (Å²) in [6, 6.07) is 9.36. The number of pyridine rings is 1. The van der Waals surface area contributed by atoms with Gasteiger partial charge in [0.2, 0.25) is 0 Å². The topological polar surface area (TPSA) is 48.1 Å². The molecule has 0 aliphatic heterocycles. The molecule has 0 bridgehead atoms. The number of alkyl halides is 5. The van der Waals surface area contributed by atoms with Gasteiger partial charge in [-0.25, -0.2) is 8.78 Å². The Hall–Kier alpha value is -3.14. The van der Waals surface area contributed by atoms with Crippen molar-refractivity contribution in [1.29, 1.82) is 0 Å². The Balaban J connectivity index is 1.85. The first-order chi connectivity index (χ1) is 14.5. The van der Waals surface area contributed by atoms with Gasteiger partial charge in [0.25, 0.3) is 5.92 Å². The number of benzene rings is 2. The molecule has 0 fully saturated rings. The van der Waals surface area contributed by atoms with Crippen LogP contribution in [0, 0.1) is 11.6 Å². The third-order valence-corrected chi connectivity index (χ3v) is 4.54. The fourth-order valence-electron chi connectivity index (χ4n) is 3.04. The first-order valence-electron chi connectivity index (χ1n) is 8.87. The van der Waals surface area contributed by atoms with Gasteiger partial charge in [-0.2, -0.15) is 8.78 Å². The van der Waals surface area contributed by atoms with E-state index < -0.39 is 53.4 Å².